The van der Waals surface area contributed by atoms with Crippen LogP contribution in [0.1, 0.15) is 42.5 Å². The molecule has 0 radical (unpaired) electrons. The van der Waals surface area contributed by atoms with Gasteiger partial charge in [-0.05, 0) is 65.4 Å². The fraction of sp³-hybridized carbons (Fsp3) is 0.364. The first-order valence-corrected chi connectivity index (χ1v) is 11.0. The number of hydrogen-bond donors (Lipinski definition) is 1. The van der Waals surface area contributed by atoms with Gasteiger partial charge in [0.1, 0.15) is 5.75 Å². The summed E-state index contributed by atoms with van der Waals surface area (Å²) < 4.78 is 6.91. The van der Waals surface area contributed by atoms with Gasteiger partial charge >= 0.3 is 0 Å². The summed E-state index contributed by atoms with van der Waals surface area (Å²) in [5.74, 6) is 0.806. The number of carbonyl (C=O) groups excluding carboxylic acids is 1. The first kappa shape index (κ1) is 20.4. The third-order valence-corrected chi connectivity index (χ3v) is 6.40. The third-order valence-electron chi connectivity index (χ3n) is 5.33. The fourth-order valence-corrected chi connectivity index (χ4v) is 4.49. The summed E-state index contributed by atoms with van der Waals surface area (Å²) in [5.41, 5.74) is 3.62. The fourth-order valence-electron chi connectivity index (χ4n) is 3.69. The summed E-state index contributed by atoms with van der Waals surface area (Å²) >= 11 is 1.37. The first-order chi connectivity index (χ1) is 14.6. The number of benzene rings is 2. The number of tetrazole rings is 1. The van der Waals surface area contributed by atoms with Crippen molar-refractivity contribution in [2.45, 2.75) is 49.2 Å². The van der Waals surface area contributed by atoms with Gasteiger partial charge in [0.05, 0.1) is 24.9 Å². The predicted molar refractivity (Wildman–Crippen MR) is 115 cm³/mol. The summed E-state index contributed by atoms with van der Waals surface area (Å²) in [6.45, 7) is 2.42. The van der Waals surface area contributed by atoms with Gasteiger partial charge in [-0.2, -0.15) is 0 Å². The zero-order chi connectivity index (χ0) is 20.9. The Morgan fingerprint density at radius 1 is 1.27 bits per heavy atom. The Hall–Kier alpha value is -2.87. The van der Waals surface area contributed by atoms with E-state index in [2.05, 4.69) is 39.0 Å². The number of hydrogen-bond acceptors (Lipinski definition) is 6. The topological polar surface area (TPSA) is 81.9 Å². The van der Waals surface area contributed by atoms with Crippen molar-refractivity contribution in [2.75, 3.05) is 7.11 Å². The lowest BCUT2D eigenvalue weighted by Gasteiger charge is -2.27. The van der Waals surface area contributed by atoms with Crippen molar-refractivity contribution in [2.24, 2.45) is 0 Å². The Morgan fingerprint density at radius 2 is 2.07 bits per heavy atom. The molecule has 1 aliphatic carbocycles. The molecule has 4 rings (SSSR count). The quantitative estimate of drug-likeness (QED) is 0.587. The molecule has 0 bridgehead atoms. The van der Waals surface area contributed by atoms with Crippen molar-refractivity contribution in [3.63, 3.8) is 0 Å². The number of rotatable bonds is 7. The van der Waals surface area contributed by atoms with E-state index in [1.165, 1.54) is 22.9 Å². The molecule has 0 aliphatic heterocycles. The second kappa shape index (κ2) is 9.30. The van der Waals surface area contributed by atoms with Crippen molar-refractivity contribution in [1.29, 1.82) is 0 Å². The standard InChI is InChI=1S/C22H25N5O2S/c1-15(21(28)23-20-9-5-7-17-6-3-4-8-19(17)20)30-22-24-25-26-27(22)14-16-10-12-18(29-2)13-11-16/h3-4,6,8,10-13,15,20H,5,7,9,14H2,1-2H3,(H,23,28). The molecule has 0 saturated carbocycles. The van der Waals surface area contributed by atoms with E-state index in [0.29, 0.717) is 11.7 Å². The average Bonchev–Trinajstić information content (AvgIpc) is 3.21. The van der Waals surface area contributed by atoms with Crippen LogP contribution in [0.2, 0.25) is 0 Å². The smallest absolute Gasteiger partial charge is 0.233 e. The van der Waals surface area contributed by atoms with E-state index in [1.54, 1.807) is 11.8 Å². The lowest BCUT2D eigenvalue weighted by molar-refractivity contribution is -0.121. The Balaban J connectivity index is 1.39. The number of nitrogens with zero attached hydrogens (tertiary/aromatic N) is 4. The predicted octanol–water partition coefficient (Wildman–Crippen LogP) is 3.40. The van der Waals surface area contributed by atoms with Gasteiger partial charge < -0.3 is 10.1 Å². The molecule has 2 atom stereocenters. The number of carbonyl (C=O) groups is 1. The molecule has 1 N–H and O–H groups in total. The Labute approximate surface area is 180 Å². The maximum atomic E-state index is 12.9. The van der Waals surface area contributed by atoms with Gasteiger partial charge in [-0.3, -0.25) is 4.79 Å². The van der Waals surface area contributed by atoms with Crippen LogP contribution in [0.15, 0.2) is 53.7 Å². The number of fused-ring (bicyclic) bond motifs is 1. The average molecular weight is 424 g/mol. The van der Waals surface area contributed by atoms with Crippen LogP contribution >= 0.6 is 11.8 Å². The minimum atomic E-state index is -0.306. The van der Waals surface area contributed by atoms with E-state index in [4.69, 9.17) is 4.74 Å². The van der Waals surface area contributed by atoms with E-state index < -0.39 is 0 Å². The van der Waals surface area contributed by atoms with Crippen molar-refractivity contribution >= 4 is 17.7 Å². The lowest BCUT2D eigenvalue weighted by Crippen LogP contribution is -2.36. The Morgan fingerprint density at radius 3 is 2.87 bits per heavy atom. The number of amides is 1. The Kier molecular flexibility index (Phi) is 6.32. The van der Waals surface area contributed by atoms with E-state index >= 15 is 0 Å². The van der Waals surface area contributed by atoms with Gasteiger partial charge in [0, 0.05) is 0 Å². The number of thioether (sulfide) groups is 1. The summed E-state index contributed by atoms with van der Waals surface area (Å²) in [6.07, 6.45) is 3.13. The van der Waals surface area contributed by atoms with E-state index in [1.807, 2.05) is 37.3 Å². The largest absolute Gasteiger partial charge is 0.497 e. The second-order valence-electron chi connectivity index (χ2n) is 7.38. The highest BCUT2D eigenvalue weighted by molar-refractivity contribution is 8.00. The van der Waals surface area contributed by atoms with Crippen LogP contribution in [0.4, 0.5) is 0 Å². The number of aryl methyl sites for hydroxylation is 1. The number of methoxy groups -OCH3 is 1. The van der Waals surface area contributed by atoms with E-state index in [-0.39, 0.29) is 17.2 Å². The van der Waals surface area contributed by atoms with Gasteiger partial charge in [-0.1, -0.05) is 48.2 Å². The molecule has 1 aliphatic rings. The molecule has 156 valence electrons. The molecule has 1 heterocycles. The highest BCUT2D eigenvalue weighted by Gasteiger charge is 2.25. The molecule has 0 spiro atoms. The van der Waals surface area contributed by atoms with Crippen LogP contribution in [0, 0.1) is 0 Å². The zero-order valence-electron chi connectivity index (χ0n) is 17.1. The van der Waals surface area contributed by atoms with E-state index in [0.717, 1.165) is 30.6 Å². The number of nitrogens with one attached hydrogen (secondary N) is 1. The minimum absolute atomic E-state index is 0.000649. The van der Waals surface area contributed by atoms with Gasteiger partial charge in [0.15, 0.2) is 0 Å². The summed E-state index contributed by atoms with van der Waals surface area (Å²) in [6, 6.07) is 16.2. The highest BCUT2D eigenvalue weighted by atomic mass is 32.2. The van der Waals surface area contributed by atoms with Crippen LogP contribution < -0.4 is 10.1 Å². The van der Waals surface area contributed by atoms with Crippen LogP contribution in [0.25, 0.3) is 0 Å². The minimum Gasteiger partial charge on any atom is -0.497 e. The maximum absolute atomic E-state index is 12.9. The van der Waals surface area contributed by atoms with Gasteiger partial charge in [-0.25, -0.2) is 4.68 Å². The molecule has 2 unspecified atom stereocenters. The number of ether oxygens (including phenoxy) is 1. The van der Waals surface area contributed by atoms with Crippen molar-refractivity contribution in [3.05, 3.63) is 65.2 Å². The normalized spacial score (nSPS) is 16.5. The van der Waals surface area contributed by atoms with E-state index in [9.17, 15) is 4.79 Å². The van der Waals surface area contributed by atoms with Gasteiger partial charge in [-0.15, -0.1) is 5.10 Å². The molecule has 1 aromatic heterocycles. The zero-order valence-corrected chi connectivity index (χ0v) is 17.9. The number of aromatic nitrogens is 4. The Bertz CT molecular complexity index is 1000. The molecular formula is C22H25N5O2S. The van der Waals surface area contributed by atoms with Crippen LogP contribution in [-0.2, 0) is 17.8 Å². The van der Waals surface area contributed by atoms with Crippen molar-refractivity contribution in [3.8, 4) is 5.75 Å². The molecular weight excluding hydrogens is 398 g/mol. The third kappa shape index (κ3) is 4.64. The molecule has 0 fully saturated rings. The molecule has 8 heteroatoms. The first-order valence-electron chi connectivity index (χ1n) is 10.1. The molecule has 7 nitrogen and oxygen atoms in total. The summed E-state index contributed by atoms with van der Waals surface area (Å²) in [5, 5.41) is 15.5. The molecule has 30 heavy (non-hydrogen) atoms. The summed E-state index contributed by atoms with van der Waals surface area (Å²) in [7, 11) is 1.64. The van der Waals surface area contributed by atoms with Crippen molar-refractivity contribution < 1.29 is 9.53 Å². The van der Waals surface area contributed by atoms with Crippen molar-refractivity contribution in [1.82, 2.24) is 25.5 Å². The molecule has 0 saturated heterocycles. The highest BCUT2D eigenvalue weighted by Crippen LogP contribution is 2.30. The van der Waals surface area contributed by atoms with Gasteiger partial charge in [0.25, 0.3) is 0 Å². The van der Waals surface area contributed by atoms with Crippen LogP contribution in [0.5, 0.6) is 5.75 Å². The van der Waals surface area contributed by atoms with Gasteiger partial charge in [0.2, 0.25) is 11.1 Å². The molecule has 3 aromatic rings. The SMILES string of the molecule is COc1ccc(Cn2nnnc2SC(C)C(=O)NC2CCCc3ccccc32)cc1. The van der Waals surface area contributed by atoms with Crippen LogP contribution in [-0.4, -0.2) is 38.5 Å². The maximum Gasteiger partial charge on any atom is 0.233 e. The monoisotopic (exact) mass is 423 g/mol. The summed E-state index contributed by atoms with van der Waals surface area (Å²) in [4.78, 5) is 12.9. The molecule has 1 amide bonds. The van der Waals surface area contributed by atoms with Crippen LogP contribution in [0.3, 0.4) is 0 Å². The molecule has 2 aromatic carbocycles. The second-order valence-corrected chi connectivity index (χ2v) is 8.69. The lowest BCUT2D eigenvalue weighted by atomic mass is 9.88.